The second-order valence-corrected chi connectivity index (χ2v) is 7.31. The number of aliphatic hydroxyl groups excluding tert-OH is 1. The minimum absolute atomic E-state index is 0.333. The van der Waals surface area contributed by atoms with E-state index in [9.17, 15) is 10.4 Å². The summed E-state index contributed by atoms with van der Waals surface area (Å²) < 4.78 is 0. The number of thioether (sulfide) groups is 1. The number of aromatic nitrogens is 1. The smallest absolute Gasteiger partial charge is 0.121 e. The highest BCUT2D eigenvalue weighted by molar-refractivity contribution is 8.03. The maximum Gasteiger partial charge on any atom is 0.121 e. The summed E-state index contributed by atoms with van der Waals surface area (Å²) in [6.07, 6.45) is 0.759. The Morgan fingerprint density at radius 1 is 1.14 bits per heavy atom. The van der Waals surface area contributed by atoms with Crippen LogP contribution in [0.3, 0.4) is 0 Å². The van der Waals surface area contributed by atoms with Crippen molar-refractivity contribution in [3.05, 3.63) is 94.3 Å². The fraction of sp³-hybridized carbons (Fsp3) is 0.0909. The number of nitrogen functional groups attached to an aromatic ring is 1. The molecule has 0 aliphatic rings. The van der Waals surface area contributed by atoms with Crippen LogP contribution < -0.4 is 11.5 Å². The summed E-state index contributed by atoms with van der Waals surface area (Å²) in [6, 6.07) is 20.4. The lowest BCUT2D eigenvalue weighted by Crippen LogP contribution is -2.05. The zero-order valence-electron chi connectivity index (χ0n) is 15.3. The first-order chi connectivity index (χ1) is 13.5. The topological polar surface area (TPSA) is 109 Å². The van der Waals surface area contributed by atoms with E-state index in [4.69, 9.17) is 11.5 Å². The Morgan fingerprint density at radius 2 is 1.93 bits per heavy atom. The van der Waals surface area contributed by atoms with E-state index in [1.165, 1.54) is 11.8 Å². The zero-order valence-corrected chi connectivity index (χ0v) is 16.1. The molecule has 0 aliphatic carbocycles. The Kier molecular flexibility index (Phi) is 5.99. The average Bonchev–Trinajstić information content (AvgIpc) is 2.70. The van der Waals surface area contributed by atoms with Crippen molar-refractivity contribution in [1.29, 1.82) is 5.26 Å². The number of nitriles is 1. The summed E-state index contributed by atoms with van der Waals surface area (Å²) in [5.41, 5.74) is 15.9. The third-order valence-electron chi connectivity index (χ3n) is 4.30. The van der Waals surface area contributed by atoms with Crippen molar-refractivity contribution < 1.29 is 5.11 Å². The van der Waals surface area contributed by atoms with Gasteiger partial charge in [0.05, 0.1) is 16.3 Å². The number of hydrogen-bond donors (Lipinski definition) is 3. The summed E-state index contributed by atoms with van der Waals surface area (Å²) in [7, 11) is 0. The van der Waals surface area contributed by atoms with E-state index in [1.807, 2.05) is 37.3 Å². The maximum atomic E-state index is 10.7. The van der Waals surface area contributed by atoms with Crippen LogP contribution in [0.1, 0.15) is 28.5 Å². The number of pyridine rings is 1. The Balaban J connectivity index is 1.96. The molecule has 3 rings (SSSR count). The largest absolute Gasteiger partial charge is 0.398 e. The van der Waals surface area contributed by atoms with E-state index in [1.54, 1.807) is 36.5 Å². The van der Waals surface area contributed by atoms with Crippen LogP contribution in [0, 0.1) is 18.3 Å². The summed E-state index contributed by atoms with van der Waals surface area (Å²) in [6.45, 7) is 1.90. The van der Waals surface area contributed by atoms with Gasteiger partial charge >= 0.3 is 0 Å². The van der Waals surface area contributed by atoms with Gasteiger partial charge in [0.1, 0.15) is 12.2 Å². The number of aryl methyl sites for hydroxylation is 1. The lowest BCUT2D eigenvalue weighted by Gasteiger charge is -2.14. The maximum absolute atomic E-state index is 10.7. The van der Waals surface area contributed by atoms with Crippen LogP contribution in [-0.4, -0.2) is 10.1 Å². The van der Waals surface area contributed by atoms with Crippen LogP contribution in [0.4, 0.5) is 5.69 Å². The van der Waals surface area contributed by atoms with Gasteiger partial charge in [0, 0.05) is 16.8 Å². The molecule has 0 saturated carbocycles. The van der Waals surface area contributed by atoms with E-state index < -0.39 is 6.10 Å². The quantitative estimate of drug-likeness (QED) is 0.346. The molecule has 0 bridgehead atoms. The summed E-state index contributed by atoms with van der Waals surface area (Å²) >= 11 is 1.25. The minimum Gasteiger partial charge on any atom is -0.398 e. The predicted octanol–water partition coefficient (Wildman–Crippen LogP) is 4.00. The second-order valence-electron chi connectivity index (χ2n) is 6.22. The van der Waals surface area contributed by atoms with Gasteiger partial charge < -0.3 is 16.6 Å². The van der Waals surface area contributed by atoms with Crippen LogP contribution in [0.2, 0.25) is 0 Å². The first-order valence-electron chi connectivity index (χ1n) is 8.63. The molecule has 0 spiro atoms. The van der Waals surface area contributed by atoms with Gasteiger partial charge in [-0.15, -0.1) is 0 Å². The average molecular weight is 388 g/mol. The summed E-state index contributed by atoms with van der Waals surface area (Å²) in [5, 5.41) is 20.8. The number of anilines is 1. The molecular weight excluding hydrogens is 368 g/mol. The number of nitrogens with zero attached hydrogens (tertiary/aromatic N) is 2. The van der Waals surface area contributed by atoms with Crippen LogP contribution in [0.5, 0.6) is 0 Å². The Hall–Kier alpha value is -3.27. The highest BCUT2D eigenvalue weighted by Gasteiger charge is 2.16. The third kappa shape index (κ3) is 4.17. The molecule has 3 aromatic rings. The fourth-order valence-electron chi connectivity index (χ4n) is 2.81. The molecule has 1 atom stereocenters. The van der Waals surface area contributed by atoms with Gasteiger partial charge in [0.2, 0.25) is 0 Å². The molecule has 28 heavy (non-hydrogen) atoms. The Labute approximate surface area is 168 Å². The number of allylic oxidation sites excluding steroid dienone is 1. The van der Waals surface area contributed by atoms with Gasteiger partial charge in [-0.25, -0.2) is 0 Å². The van der Waals surface area contributed by atoms with E-state index in [-0.39, 0.29) is 0 Å². The first kappa shape index (κ1) is 19.5. The van der Waals surface area contributed by atoms with Crippen molar-refractivity contribution in [2.24, 2.45) is 5.73 Å². The van der Waals surface area contributed by atoms with Crippen molar-refractivity contribution >= 4 is 23.0 Å². The molecule has 1 heterocycles. The van der Waals surface area contributed by atoms with E-state index in [0.29, 0.717) is 33.1 Å². The standard InChI is InChI=1S/C22H20N4OS/c1-14-6-5-11-26-20(14)21(27)16-8-4-7-15(12-16)17(13-23)22(25)28-19-10-3-2-9-18(19)24/h2-12,21,27H,24-25H2,1H3/b22-17+. The molecule has 1 aromatic heterocycles. The molecule has 2 aromatic carbocycles. The SMILES string of the molecule is Cc1cccnc1C(O)c1cccc(/C(C#N)=C(\N)Sc2ccccc2N)c1. The second kappa shape index (κ2) is 8.61. The number of benzene rings is 2. The van der Waals surface area contributed by atoms with E-state index in [0.717, 1.165) is 10.5 Å². The third-order valence-corrected chi connectivity index (χ3v) is 5.31. The van der Waals surface area contributed by atoms with Crippen LogP contribution in [0.15, 0.2) is 76.8 Å². The van der Waals surface area contributed by atoms with Gasteiger partial charge in [-0.05, 0) is 47.9 Å². The first-order valence-corrected chi connectivity index (χ1v) is 9.45. The molecule has 140 valence electrons. The predicted molar refractivity (Wildman–Crippen MR) is 113 cm³/mol. The molecule has 5 nitrogen and oxygen atoms in total. The number of para-hydroxylation sites is 1. The molecule has 0 aliphatic heterocycles. The van der Waals surface area contributed by atoms with Gasteiger partial charge in [0.15, 0.2) is 0 Å². The Bertz CT molecular complexity index is 1070. The highest BCUT2D eigenvalue weighted by atomic mass is 32.2. The van der Waals surface area contributed by atoms with Crippen LogP contribution in [0.25, 0.3) is 5.57 Å². The summed E-state index contributed by atoms with van der Waals surface area (Å²) in [5.74, 6) is 0. The van der Waals surface area contributed by atoms with Crippen molar-refractivity contribution in [3.8, 4) is 6.07 Å². The number of aliphatic hydroxyl groups is 1. The van der Waals surface area contributed by atoms with Gasteiger partial charge in [0.25, 0.3) is 0 Å². The van der Waals surface area contributed by atoms with Crippen molar-refractivity contribution in [3.63, 3.8) is 0 Å². The molecule has 0 amide bonds. The highest BCUT2D eigenvalue weighted by Crippen LogP contribution is 2.33. The lowest BCUT2D eigenvalue weighted by molar-refractivity contribution is 0.214. The van der Waals surface area contributed by atoms with Crippen LogP contribution in [-0.2, 0) is 0 Å². The van der Waals surface area contributed by atoms with E-state index >= 15 is 0 Å². The van der Waals surface area contributed by atoms with Gasteiger partial charge in [-0.1, -0.05) is 48.2 Å². The van der Waals surface area contributed by atoms with Crippen molar-refractivity contribution in [1.82, 2.24) is 4.98 Å². The number of nitrogens with two attached hydrogens (primary N) is 2. The minimum atomic E-state index is -0.889. The molecule has 1 unspecified atom stereocenters. The Morgan fingerprint density at radius 3 is 2.64 bits per heavy atom. The monoisotopic (exact) mass is 388 g/mol. The van der Waals surface area contributed by atoms with Crippen LogP contribution >= 0.6 is 11.8 Å². The lowest BCUT2D eigenvalue weighted by atomic mass is 9.98. The zero-order chi connectivity index (χ0) is 20.1. The molecule has 0 radical (unpaired) electrons. The normalized spacial score (nSPS) is 12.8. The van der Waals surface area contributed by atoms with Gasteiger partial charge in [-0.3, -0.25) is 4.98 Å². The number of hydrogen-bond acceptors (Lipinski definition) is 6. The fourth-order valence-corrected chi connectivity index (χ4v) is 3.65. The molecular formula is C22H20N4OS. The molecule has 5 N–H and O–H groups in total. The van der Waals surface area contributed by atoms with E-state index in [2.05, 4.69) is 11.1 Å². The van der Waals surface area contributed by atoms with Crippen molar-refractivity contribution in [2.75, 3.05) is 5.73 Å². The van der Waals surface area contributed by atoms with Crippen molar-refractivity contribution in [2.45, 2.75) is 17.9 Å². The molecule has 6 heteroatoms. The molecule has 0 saturated heterocycles. The van der Waals surface area contributed by atoms with Gasteiger partial charge in [-0.2, -0.15) is 5.26 Å². The molecule has 0 fully saturated rings. The summed E-state index contributed by atoms with van der Waals surface area (Å²) in [4.78, 5) is 5.07. The number of rotatable bonds is 5.